The molecule has 1 amide bonds. The van der Waals surface area contributed by atoms with Gasteiger partial charge in [-0.2, -0.15) is 0 Å². The molecule has 1 heterocycles. The number of hydrogen-bond acceptors (Lipinski definition) is 4. The van der Waals surface area contributed by atoms with Crippen molar-refractivity contribution in [3.8, 4) is 5.75 Å². The second kappa shape index (κ2) is 7.97. The molecular formula is C18H21NO4S. The Labute approximate surface area is 145 Å². The lowest BCUT2D eigenvalue weighted by molar-refractivity contribution is -0.139. The fourth-order valence-corrected chi connectivity index (χ4v) is 3.26. The van der Waals surface area contributed by atoms with Crippen molar-refractivity contribution in [1.29, 1.82) is 0 Å². The fourth-order valence-electron chi connectivity index (χ4n) is 2.55. The number of amides is 1. The summed E-state index contributed by atoms with van der Waals surface area (Å²) in [5, 5.41) is 14.1. The second-order valence-corrected chi connectivity index (χ2v) is 6.79. The maximum atomic E-state index is 12.3. The number of methoxy groups -OCH3 is 1. The maximum Gasteiger partial charge on any atom is 0.306 e. The van der Waals surface area contributed by atoms with Crippen molar-refractivity contribution in [3.05, 3.63) is 52.2 Å². The van der Waals surface area contributed by atoms with Crippen LogP contribution in [0.1, 0.15) is 30.2 Å². The summed E-state index contributed by atoms with van der Waals surface area (Å²) in [5.41, 5.74) is -0.291. The molecule has 0 saturated heterocycles. The third-order valence-electron chi connectivity index (χ3n) is 3.81. The molecule has 128 valence electrons. The summed E-state index contributed by atoms with van der Waals surface area (Å²) in [5.74, 6) is -0.522. The number of thiophene rings is 1. The van der Waals surface area contributed by atoms with E-state index in [4.69, 9.17) is 4.74 Å². The Kier molecular flexibility index (Phi) is 5.98. The van der Waals surface area contributed by atoms with E-state index in [0.29, 0.717) is 24.2 Å². The molecule has 0 aliphatic rings. The fraction of sp³-hybridized carbons (Fsp3) is 0.333. The Morgan fingerprint density at radius 3 is 2.71 bits per heavy atom. The number of ether oxygens (including phenoxy) is 1. The first-order valence-electron chi connectivity index (χ1n) is 7.62. The SMILES string of the molecule is COc1cccc(C(C)(CC(=O)O)NC(=O)CCc2cccs2)c1. The van der Waals surface area contributed by atoms with Crippen molar-refractivity contribution in [1.82, 2.24) is 5.32 Å². The molecule has 0 aliphatic heterocycles. The van der Waals surface area contributed by atoms with Gasteiger partial charge in [-0.3, -0.25) is 9.59 Å². The van der Waals surface area contributed by atoms with Crippen LogP contribution in [0.25, 0.3) is 0 Å². The zero-order chi connectivity index (χ0) is 17.6. The topological polar surface area (TPSA) is 75.6 Å². The van der Waals surface area contributed by atoms with Gasteiger partial charge < -0.3 is 15.2 Å². The van der Waals surface area contributed by atoms with Gasteiger partial charge in [0.05, 0.1) is 19.1 Å². The molecule has 1 aromatic heterocycles. The Bertz CT molecular complexity index is 699. The Morgan fingerprint density at radius 1 is 1.29 bits per heavy atom. The van der Waals surface area contributed by atoms with E-state index in [0.717, 1.165) is 4.88 Å². The van der Waals surface area contributed by atoms with E-state index < -0.39 is 11.5 Å². The minimum Gasteiger partial charge on any atom is -0.497 e. The van der Waals surface area contributed by atoms with E-state index >= 15 is 0 Å². The summed E-state index contributed by atoms with van der Waals surface area (Å²) < 4.78 is 5.20. The van der Waals surface area contributed by atoms with E-state index in [9.17, 15) is 14.7 Å². The lowest BCUT2D eigenvalue weighted by atomic mass is 9.88. The monoisotopic (exact) mass is 347 g/mol. The van der Waals surface area contributed by atoms with Crippen LogP contribution in [0.4, 0.5) is 0 Å². The molecule has 0 bridgehead atoms. The van der Waals surface area contributed by atoms with Crippen molar-refractivity contribution < 1.29 is 19.4 Å². The van der Waals surface area contributed by atoms with Crippen LogP contribution in [0.3, 0.4) is 0 Å². The van der Waals surface area contributed by atoms with Gasteiger partial charge in [0, 0.05) is 11.3 Å². The van der Waals surface area contributed by atoms with Crippen LogP contribution in [0, 0.1) is 0 Å². The molecule has 2 aromatic rings. The van der Waals surface area contributed by atoms with Crippen LogP contribution < -0.4 is 10.1 Å². The van der Waals surface area contributed by atoms with Gasteiger partial charge >= 0.3 is 5.97 Å². The first-order chi connectivity index (χ1) is 11.4. The summed E-state index contributed by atoms with van der Waals surface area (Å²) in [6.07, 6.45) is 0.759. The van der Waals surface area contributed by atoms with Crippen LogP contribution >= 0.6 is 11.3 Å². The number of carbonyl (C=O) groups is 2. The minimum absolute atomic E-state index is 0.171. The lowest BCUT2D eigenvalue weighted by Gasteiger charge is -2.30. The Morgan fingerprint density at radius 2 is 2.08 bits per heavy atom. The van der Waals surface area contributed by atoms with Crippen LogP contribution in [0.2, 0.25) is 0 Å². The van der Waals surface area contributed by atoms with Crippen molar-refractivity contribution in [2.45, 2.75) is 31.7 Å². The van der Waals surface area contributed by atoms with Crippen LogP contribution in [-0.2, 0) is 21.5 Å². The number of nitrogens with one attached hydrogen (secondary N) is 1. The van der Waals surface area contributed by atoms with Gasteiger partial charge in [0.1, 0.15) is 5.75 Å². The molecule has 0 aliphatic carbocycles. The molecule has 0 fully saturated rings. The molecule has 0 spiro atoms. The largest absolute Gasteiger partial charge is 0.497 e. The molecule has 1 atom stereocenters. The number of carboxylic acids is 1. The minimum atomic E-state index is -0.993. The van der Waals surface area contributed by atoms with E-state index in [1.807, 2.05) is 17.5 Å². The van der Waals surface area contributed by atoms with Crippen molar-refractivity contribution in [2.75, 3.05) is 7.11 Å². The van der Waals surface area contributed by atoms with E-state index in [-0.39, 0.29) is 12.3 Å². The average Bonchev–Trinajstić information content (AvgIpc) is 3.05. The predicted molar refractivity (Wildman–Crippen MR) is 93.4 cm³/mol. The number of benzene rings is 1. The molecule has 0 saturated carbocycles. The highest BCUT2D eigenvalue weighted by molar-refractivity contribution is 7.09. The first kappa shape index (κ1) is 18.0. The van der Waals surface area contributed by atoms with E-state index in [2.05, 4.69) is 5.32 Å². The van der Waals surface area contributed by atoms with Crippen LogP contribution in [0.15, 0.2) is 41.8 Å². The highest BCUT2D eigenvalue weighted by Gasteiger charge is 2.31. The number of carboxylic acid groups (broad SMARTS) is 1. The summed E-state index contributed by atoms with van der Waals surface area (Å²) in [6, 6.07) is 11.0. The molecule has 2 rings (SSSR count). The van der Waals surface area contributed by atoms with E-state index in [1.165, 1.54) is 0 Å². The lowest BCUT2D eigenvalue weighted by Crippen LogP contribution is -2.45. The molecule has 2 N–H and O–H groups in total. The third kappa shape index (κ3) is 4.83. The Balaban J connectivity index is 2.13. The van der Waals surface area contributed by atoms with Crippen molar-refractivity contribution in [2.24, 2.45) is 0 Å². The molecule has 0 radical (unpaired) electrons. The quantitative estimate of drug-likeness (QED) is 0.769. The van der Waals surface area contributed by atoms with Gasteiger partial charge in [-0.05, 0) is 42.5 Å². The van der Waals surface area contributed by atoms with Crippen molar-refractivity contribution >= 4 is 23.2 Å². The highest BCUT2D eigenvalue weighted by atomic mass is 32.1. The van der Waals surface area contributed by atoms with Gasteiger partial charge in [-0.25, -0.2) is 0 Å². The summed E-state index contributed by atoms with van der Waals surface area (Å²) in [6.45, 7) is 1.72. The molecule has 1 aromatic carbocycles. The second-order valence-electron chi connectivity index (χ2n) is 5.76. The number of rotatable bonds is 8. The van der Waals surface area contributed by atoms with Gasteiger partial charge in [-0.1, -0.05) is 18.2 Å². The Hall–Kier alpha value is -2.34. The summed E-state index contributed by atoms with van der Waals surface area (Å²) in [7, 11) is 1.55. The van der Waals surface area contributed by atoms with Crippen LogP contribution in [0.5, 0.6) is 5.75 Å². The maximum absolute atomic E-state index is 12.3. The summed E-state index contributed by atoms with van der Waals surface area (Å²) in [4.78, 5) is 24.8. The van der Waals surface area contributed by atoms with Crippen LogP contribution in [-0.4, -0.2) is 24.1 Å². The molecule has 6 heteroatoms. The molecule has 5 nitrogen and oxygen atoms in total. The standard InChI is InChI=1S/C18H21NO4S/c1-18(12-17(21)22,13-5-3-6-14(11-13)23-2)19-16(20)9-8-15-7-4-10-24-15/h3-7,10-11H,8-9,12H2,1-2H3,(H,19,20)(H,21,22). The number of aryl methyl sites for hydroxylation is 1. The summed E-state index contributed by atoms with van der Waals surface area (Å²) >= 11 is 1.60. The zero-order valence-electron chi connectivity index (χ0n) is 13.7. The predicted octanol–water partition coefficient (Wildman–Crippen LogP) is 3.20. The van der Waals surface area contributed by atoms with Gasteiger partial charge in [0.15, 0.2) is 0 Å². The zero-order valence-corrected chi connectivity index (χ0v) is 14.6. The average molecular weight is 347 g/mol. The molecule has 24 heavy (non-hydrogen) atoms. The number of carbonyl (C=O) groups excluding carboxylic acids is 1. The van der Waals surface area contributed by atoms with Gasteiger partial charge in [0.2, 0.25) is 5.91 Å². The van der Waals surface area contributed by atoms with Gasteiger partial charge in [-0.15, -0.1) is 11.3 Å². The molecular weight excluding hydrogens is 326 g/mol. The normalized spacial score (nSPS) is 13.1. The molecule has 1 unspecified atom stereocenters. The highest BCUT2D eigenvalue weighted by Crippen LogP contribution is 2.28. The van der Waals surface area contributed by atoms with Crippen molar-refractivity contribution in [3.63, 3.8) is 0 Å². The third-order valence-corrected chi connectivity index (χ3v) is 4.74. The van der Waals surface area contributed by atoms with Gasteiger partial charge in [0.25, 0.3) is 0 Å². The first-order valence-corrected chi connectivity index (χ1v) is 8.50. The smallest absolute Gasteiger partial charge is 0.306 e. The van der Waals surface area contributed by atoms with E-state index in [1.54, 1.807) is 49.6 Å². The number of aliphatic carboxylic acids is 1. The number of hydrogen-bond donors (Lipinski definition) is 2.